The lowest BCUT2D eigenvalue weighted by atomic mass is 10.0. The molecule has 4 aromatic carbocycles. The molecule has 5 heterocycles. The number of aromatic nitrogens is 4. The van der Waals surface area contributed by atoms with Crippen LogP contribution in [-0.4, -0.2) is 60.8 Å². The highest BCUT2D eigenvalue weighted by Crippen LogP contribution is 2.37. The van der Waals surface area contributed by atoms with Crippen molar-refractivity contribution in [3.05, 3.63) is 188 Å². The molecule has 4 aromatic heterocycles. The molecule has 0 fully saturated rings. The molecule has 0 aliphatic carbocycles. The third-order valence-corrected chi connectivity index (χ3v) is 9.90. The molecule has 12 N–H and O–H groups in total. The first-order valence-corrected chi connectivity index (χ1v) is 17.4. The minimum absolute atomic E-state index is 0.0903. The fraction of sp³-hybridized carbons (Fsp3) is 0. The maximum absolute atomic E-state index is 11.2. The van der Waals surface area contributed by atoms with E-state index in [1.165, 1.54) is 72.8 Å². The lowest BCUT2D eigenvalue weighted by Gasteiger charge is -2.12. The summed E-state index contributed by atoms with van der Waals surface area (Å²) in [4.78, 5) is 13.8. The average Bonchev–Trinajstić information content (AvgIpc) is 4.01. The van der Waals surface area contributed by atoms with Crippen LogP contribution in [-0.2, 0) is 0 Å². The van der Waals surface area contributed by atoms with Crippen molar-refractivity contribution in [2.45, 2.75) is 0 Å². The van der Waals surface area contributed by atoms with Crippen LogP contribution >= 0.6 is 0 Å². The standard InChI is InChI=1S/C44H32N4O8/c49-21-1-13-37(53)25(17-21)41-29-5-7-31(45-29)42(26-18-22(50)2-14-38(26)54)33-9-11-35(47-33)44(28-20-24(52)4-16-40(28)56)36-12-10-34(48-36)43(32-8-6-30(41)46-32)27-19-23(51)3-15-39(27)55/h1-20,45-56H. The zero-order valence-electron chi connectivity index (χ0n) is 29.1. The quantitative estimate of drug-likeness (QED) is 0.118. The molecule has 0 atom stereocenters. The van der Waals surface area contributed by atoms with Gasteiger partial charge in [-0.15, -0.1) is 0 Å². The van der Waals surface area contributed by atoms with Crippen molar-refractivity contribution in [3.8, 4) is 46.0 Å². The highest BCUT2D eigenvalue weighted by molar-refractivity contribution is 5.88. The van der Waals surface area contributed by atoms with E-state index in [1.54, 1.807) is 48.5 Å². The second-order valence-corrected chi connectivity index (χ2v) is 13.4. The zero-order valence-corrected chi connectivity index (χ0v) is 29.1. The van der Waals surface area contributed by atoms with Crippen LogP contribution in [0.5, 0.6) is 46.0 Å². The van der Waals surface area contributed by atoms with Crippen molar-refractivity contribution in [2.24, 2.45) is 0 Å². The van der Waals surface area contributed by atoms with Gasteiger partial charge < -0.3 is 60.8 Å². The van der Waals surface area contributed by atoms with Crippen LogP contribution in [0.1, 0.15) is 45.0 Å². The Labute approximate surface area is 316 Å². The van der Waals surface area contributed by atoms with E-state index in [2.05, 4.69) is 19.9 Å². The Morgan fingerprint density at radius 3 is 0.714 bits per heavy atom. The summed E-state index contributed by atoms with van der Waals surface area (Å²) in [6.07, 6.45) is 0. The predicted molar refractivity (Wildman–Crippen MR) is 207 cm³/mol. The van der Waals surface area contributed by atoms with Gasteiger partial charge in [0.05, 0.1) is 0 Å². The molecular weight excluding hydrogens is 713 g/mol. The molecule has 0 radical (unpaired) electrons. The number of fused-ring (bicyclic) bond motifs is 8. The Morgan fingerprint density at radius 2 is 0.482 bits per heavy atom. The second-order valence-electron chi connectivity index (χ2n) is 13.4. The fourth-order valence-electron chi connectivity index (χ4n) is 7.39. The first-order chi connectivity index (χ1) is 27.0. The van der Waals surface area contributed by atoms with Gasteiger partial charge in [0.1, 0.15) is 46.0 Å². The summed E-state index contributed by atoms with van der Waals surface area (Å²) in [6.45, 7) is 0. The lowest BCUT2D eigenvalue weighted by Crippen LogP contribution is -2.19. The predicted octanol–water partition coefficient (Wildman–Crippen LogP) is 3.95. The summed E-state index contributed by atoms with van der Waals surface area (Å²) in [5.41, 5.74) is 4.92. The van der Waals surface area contributed by atoms with Crippen molar-refractivity contribution in [1.82, 2.24) is 19.9 Å². The molecule has 8 aromatic rings. The third kappa shape index (κ3) is 5.65. The summed E-state index contributed by atoms with van der Waals surface area (Å²) >= 11 is 0. The Bertz CT molecular complexity index is 2730. The van der Waals surface area contributed by atoms with Crippen molar-refractivity contribution >= 4 is 22.3 Å². The van der Waals surface area contributed by atoms with Crippen LogP contribution in [0.25, 0.3) is 22.3 Å². The van der Waals surface area contributed by atoms with E-state index in [-0.39, 0.29) is 68.2 Å². The SMILES string of the molecule is Oc1ccc(O)c(C2=c3ccc([nH]3)=C(c3cc(O)ccc3O)c3ccc([nH]3)C(c3cc(O)ccc3O)=c3ccc([nH]3)=C(c3cc(O)ccc3O)c3ccc2[nH]3)c1. The number of aromatic hydroxyl groups is 8. The lowest BCUT2D eigenvalue weighted by molar-refractivity contribution is 0.458. The Balaban J connectivity index is 1.48. The average molecular weight is 745 g/mol. The minimum Gasteiger partial charge on any atom is -0.508 e. The normalized spacial score (nSPS) is 12.7. The number of nitrogens with one attached hydrogen (secondary N) is 4. The largest absolute Gasteiger partial charge is 0.508 e. The van der Waals surface area contributed by atoms with Crippen LogP contribution < -0.4 is 21.4 Å². The van der Waals surface area contributed by atoms with Crippen molar-refractivity contribution in [2.75, 3.05) is 0 Å². The van der Waals surface area contributed by atoms with E-state index in [0.29, 0.717) is 66.5 Å². The maximum atomic E-state index is 11.2. The van der Waals surface area contributed by atoms with Gasteiger partial charge in [-0.05, 0) is 121 Å². The van der Waals surface area contributed by atoms with Crippen molar-refractivity contribution < 1.29 is 40.9 Å². The number of phenolic OH excluding ortho intramolecular Hbond substituents is 8. The van der Waals surface area contributed by atoms with Gasteiger partial charge in [-0.25, -0.2) is 0 Å². The van der Waals surface area contributed by atoms with Gasteiger partial charge in [0.2, 0.25) is 0 Å². The molecular formula is C44H32N4O8. The smallest absolute Gasteiger partial charge is 0.123 e. The Kier molecular flexibility index (Phi) is 7.69. The Hall–Kier alpha value is -8.12. The van der Waals surface area contributed by atoms with Crippen LogP contribution in [0.3, 0.4) is 0 Å². The van der Waals surface area contributed by atoms with E-state index in [9.17, 15) is 40.9 Å². The number of benzene rings is 4. The molecule has 0 amide bonds. The summed E-state index contributed by atoms with van der Waals surface area (Å²) < 4.78 is 0. The van der Waals surface area contributed by atoms with Gasteiger partial charge in [0, 0.05) is 88.7 Å². The second kappa shape index (κ2) is 12.8. The zero-order chi connectivity index (χ0) is 38.8. The number of aromatic amines is 4. The summed E-state index contributed by atoms with van der Waals surface area (Å²) in [5.74, 6) is -0.841. The Morgan fingerprint density at radius 1 is 0.250 bits per heavy atom. The fourth-order valence-corrected chi connectivity index (χ4v) is 7.39. The van der Waals surface area contributed by atoms with Crippen LogP contribution in [0.2, 0.25) is 0 Å². The summed E-state index contributed by atoms with van der Waals surface area (Å²) in [7, 11) is 0. The monoisotopic (exact) mass is 744 g/mol. The molecule has 0 saturated carbocycles. The summed E-state index contributed by atoms with van der Waals surface area (Å²) in [5, 5.41) is 89.2. The number of rotatable bonds is 4. The van der Waals surface area contributed by atoms with Gasteiger partial charge in [-0.3, -0.25) is 0 Å². The van der Waals surface area contributed by atoms with Gasteiger partial charge in [-0.1, -0.05) is 0 Å². The molecule has 12 heteroatoms. The van der Waals surface area contributed by atoms with Gasteiger partial charge in [0.25, 0.3) is 0 Å². The topological polar surface area (TPSA) is 225 Å². The molecule has 8 bridgehead atoms. The van der Waals surface area contributed by atoms with Crippen LogP contribution in [0.4, 0.5) is 0 Å². The molecule has 56 heavy (non-hydrogen) atoms. The van der Waals surface area contributed by atoms with E-state index < -0.39 is 0 Å². The molecule has 1 aliphatic rings. The maximum Gasteiger partial charge on any atom is 0.123 e. The molecule has 276 valence electrons. The summed E-state index contributed by atoms with van der Waals surface area (Å²) in [6, 6.07) is 31.0. The van der Waals surface area contributed by atoms with Crippen molar-refractivity contribution in [1.29, 1.82) is 0 Å². The molecule has 0 spiro atoms. The van der Waals surface area contributed by atoms with Crippen LogP contribution in [0.15, 0.2) is 121 Å². The van der Waals surface area contributed by atoms with Gasteiger partial charge in [-0.2, -0.15) is 0 Å². The molecule has 9 rings (SSSR count). The molecule has 1 aliphatic heterocycles. The number of hydrogen-bond donors (Lipinski definition) is 12. The van der Waals surface area contributed by atoms with E-state index in [1.807, 2.05) is 0 Å². The van der Waals surface area contributed by atoms with E-state index >= 15 is 0 Å². The molecule has 0 saturated heterocycles. The number of H-pyrrole nitrogens is 4. The van der Waals surface area contributed by atoms with Gasteiger partial charge in [0.15, 0.2) is 0 Å². The minimum atomic E-state index is -0.120. The number of hydrogen-bond acceptors (Lipinski definition) is 8. The van der Waals surface area contributed by atoms with Crippen LogP contribution in [0, 0.1) is 0 Å². The van der Waals surface area contributed by atoms with Crippen molar-refractivity contribution in [3.63, 3.8) is 0 Å². The highest BCUT2D eigenvalue weighted by Gasteiger charge is 2.22. The first kappa shape index (κ1) is 33.7. The van der Waals surface area contributed by atoms with E-state index in [0.717, 1.165) is 0 Å². The molecule has 12 nitrogen and oxygen atoms in total. The third-order valence-electron chi connectivity index (χ3n) is 9.90. The highest BCUT2D eigenvalue weighted by atomic mass is 16.3. The molecule has 0 unspecified atom stereocenters. The van der Waals surface area contributed by atoms with Gasteiger partial charge >= 0.3 is 0 Å². The first-order valence-electron chi connectivity index (χ1n) is 17.4. The van der Waals surface area contributed by atoms with E-state index in [4.69, 9.17) is 0 Å². The number of phenols is 8.